The van der Waals surface area contributed by atoms with Gasteiger partial charge in [0.25, 0.3) is 0 Å². The van der Waals surface area contributed by atoms with Crippen molar-refractivity contribution in [3.63, 3.8) is 0 Å². The maximum atomic E-state index is 9.19. The summed E-state index contributed by atoms with van der Waals surface area (Å²) in [5.74, 6) is 0. The van der Waals surface area contributed by atoms with Crippen LogP contribution >= 0.6 is 56.7 Å². The van der Waals surface area contributed by atoms with Crippen LogP contribution in [0.1, 0.15) is 59.7 Å². The topological polar surface area (TPSA) is 95.2 Å². The molecule has 0 atom stereocenters. The highest BCUT2D eigenvalue weighted by molar-refractivity contribution is 7.30. The van der Waals surface area contributed by atoms with Crippen molar-refractivity contribution in [1.29, 1.82) is 21.0 Å². The highest BCUT2D eigenvalue weighted by Gasteiger charge is 2.23. The van der Waals surface area contributed by atoms with Crippen LogP contribution in [0.4, 0.5) is 0 Å². The smallest absolute Gasteiger partial charge is 0.131 e. The van der Waals surface area contributed by atoms with E-state index < -0.39 is 0 Å². The second kappa shape index (κ2) is 14.4. The molecule has 0 aliphatic rings. The second-order valence-corrected chi connectivity index (χ2v) is 15.3. The van der Waals surface area contributed by atoms with Crippen molar-refractivity contribution in [2.45, 2.75) is 53.4 Å². The number of nitriles is 4. The molecular formula is C36H28N4S5. The average molecular weight is 677 g/mol. The molecule has 0 saturated heterocycles. The van der Waals surface area contributed by atoms with E-state index in [-0.39, 0.29) is 11.1 Å². The van der Waals surface area contributed by atoms with Gasteiger partial charge < -0.3 is 0 Å². The van der Waals surface area contributed by atoms with Crippen molar-refractivity contribution in [3.8, 4) is 63.3 Å². The number of rotatable bonds is 10. The molecule has 5 heterocycles. The van der Waals surface area contributed by atoms with Crippen LogP contribution in [0.15, 0.2) is 47.5 Å². The summed E-state index contributed by atoms with van der Waals surface area (Å²) in [7, 11) is 0. The zero-order valence-corrected chi connectivity index (χ0v) is 29.4. The monoisotopic (exact) mass is 676 g/mol. The van der Waals surface area contributed by atoms with Crippen LogP contribution in [-0.2, 0) is 25.7 Å². The summed E-state index contributed by atoms with van der Waals surface area (Å²) in [6.45, 7) is 8.89. The molecule has 5 aromatic heterocycles. The van der Waals surface area contributed by atoms with Crippen molar-refractivity contribution < 1.29 is 0 Å². The Morgan fingerprint density at radius 3 is 1.04 bits per heavy atom. The van der Waals surface area contributed by atoms with Gasteiger partial charge in [0.1, 0.15) is 35.4 Å². The van der Waals surface area contributed by atoms with Gasteiger partial charge in [-0.15, -0.1) is 56.7 Å². The first-order valence-corrected chi connectivity index (χ1v) is 18.6. The Bertz CT molecular complexity index is 1930. The van der Waals surface area contributed by atoms with Gasteiger partial charge in [-0.05, 0) is 96.5 Å². The predicted molar refractivity (Wildman–Crippen MR) is 193 cm³/mol. The minimum absolute atomic E-state index is 0.115. The third kappa shape index (κ3) is 6.38. The van der Waals surface area contributed by atoms with Gasteiger partial charge in [-0.2, -0.15) is 21.0 Å². The molecule has 45 heavy (non-hydrogen) atoms. The summed E-state index contributed by atoms with van der Waals surface area (Å²) in [5.41, 5.74) is 5.79. The maximum absolute atomic E-state index is 9.19. The van der Waals surface area contributed by atoms with E-state index in [1.807, 2.05) is 70.4 Å². The van der Waals surface area contributed by atoms with Gasteiger partial charge in [0.05, 0.1) is 0 Å². The molecule has 0 aliphatic heterocycles. The fourth-order valence-corrected chi connectivity index (χ4v) is 11.9. The number of nitrogens with zero attached hydrogens (tertiary/aromatic N) is 4. The van der Waals surface area contributed by atoms with Crippen LogP contribution in [-0.4, -0.2) is 0 Å². The fraction of sp³-hybridized carbons (Fsp3) is 0.222. The molecule has 0 bridgehead atoms. The zero-order valence-electron chi connectivity index (χ0n) is 25.3. The van der Waals surface area contributed by atoms with Gasteiger partial charge >= 0.3 is 0 Å². The lowest BCUT2D eigenvalue weighted by atomic mass is 10.0. The Morgan fingerprint density at radius 2 is 0.756 bits per heavy atom. The van der Waals surface area contributed by atoms with Crippen molar-refractivity contribution in [1.82, 2.24) is 0 Å². The number of hydrogen-bond donors (Lipinski definition) is 0. The second-order valence-electron chi connectivity index (χ2n) is 9.98. The summed E-state index contributed by atoms with van der Waals surface area (Å²) in [5, 5.41) is 36.8. The Balaban J connectivity index is 1.56. The number of hydrogen-bond acceptors (Lipinski definition) is 9. The average Bonchev–Trinajstić information content (AvgIpc) is 3.90. The summed E-state index contributed by atoms with van der Waals surface area (Å²) >= 11 is 8.80. The molecular weight excluding hydrogens is 649 g/mol. The number of thiophene rings is 5. The lowest BCUT2D eigenvalue weighted by Gasteiger charge is -2.04. The minimum atomic E-state index is 0.115. The largest absolute Gasteiger partial charge is 0.192 e. The van der Waals surface area contributed by atoms with Gasteiger partial charge in [-0.1, -0.05) is 27.7 Å². The van der Waals surface area contributed by atoms with Gasteiger partial charge in [0.2, 0.25) is 0 Å². The molecule has 5 rings (SSSR count). The van der Waals surface area contributed by atoms with Crippen molar-refractivity contribution in [3.05, 3.63) is 79.6 Å². The van der Waals surface area contributed by atoms with Crippen molar-refractivity contribution in [2.75, 3.05) is 0 Å². The summed E-state index contributed by atoms with van der Waals surface area (Å²) in [6.07, 6.45) is 7.10. The van der Waals surface area contributed by atoms with E-state index in [9.17, 15) is 21.0 Å². The van der Waals surface area contributed by atoms with Crippen molar-refractivity contribution >= 4 is 68.8 Å². The quantitative estimate of drug-likeness (QED) is 0.138. The Morgan fingerprint density at radius 1 is 0.467 bits per heavy atom. The van der Waals surface area contributed by atoms with Crippen LogP contribution in [0.25, 0.3) is 51.2 Å². The van der Waals surface area contributed by atoms with E-state index in [0.29, 0.717) is 0 Å². The molecule has 0 amide bonds. The third-order valence-corrected chi connectivity index (χ3v) is 13.9. The molecule has 0 radical (unpaired) electrons. The molecule has 0 spiro atoms. The molecule has 0 unspecified atom stereocenters. The molecule has 9 heteroatoms. The molecule has 222 valence electrons. The van der Waals surface area contributed by atoms with E-state index >= 15 is 0 Å². The van der Waals surface area contributed by atoms with E-state index in [1.54, 1.807) is 34.8 Å². The lowest BCUT2D eigenvalue weighted by Crippen LogP contribution is -1.88. The zero-order chi connectivity index (χ0) is 32.1. The predicted octanol–water partition coefficient (Wildman–Crippen LogP) is 11.8. The molecule has 0 N–H and O–H groups in total. The molecule has 5 aromatic rings. The van der Waals surface area contributed by atoms with Gasteiger partial charge in [-0.25, -0.2) is 0 Å². The van der Waals surface area contributed by atoms with E-state index in [0.717, 1.165) is 35.4 Å². The van der Waals surface area contributed by atoms with Crippen LogP contribution in [0.2, 0.25) is 0 Å². The first-order valence-electron chi connectivity index (χ1n) is 14.6. The molecule has 0 aliphatic carbocycles. The lowest BCUT2D eigenvalue weighted by molar-refractivity contribution is 1.06. The highest BCUT2D eigenvalue weighted by Crippen LogP contribution is 2.51. The van der Waals surface area contributed by atoms with Gasteiger partial charge in [0, 0.05) is 48.8 Å². The standard InChI is InChI=1S/C36H28N4S5/c1-5-25-27(7-3)35(44-33(25)29-11-9-23(41-29)15-21(17-37)18-38)31-13-14-32(43-31)36-28(8-4)26(6-2)34(45-36)30-12-10-24(42-30)16-22(19-39)20-40/h9-16H,5-8H2,1-4H3. The third-order valence-electron chi connectivity index (χ3n) is 7.46. The maximum Gasteiger partial charge on any atom is 0.131 e. The molecule has 0 fully saturated rings. The summed E-state index contributed by atoms with van der Waals surface area (Å²) in [6, 6.07) is 20.6. The first kappa shape index (κ1) is 32.3. The Labute approximate surface area is 284 Å². The Kier molecular flexibility index (Phi) is 10.3. The minimum Gasteiger partial charge on any atom is -0.192 e. The summed E-state index contributed by atoms with van der Waals surface area (Å²) < 4.78 is 0. The van der Waals surface area contributed by atoms with E-state index in [4.69, 9.17) is 0 Å². The summed E-state index contributed by atoms with van der Waals surface area (Å²) in [4.78, 5) is 11.9. The normalized spacial score (nSPS) is 10.5. The molecule has 0 aromatic carbocycles. The fourth-order valence-electron chi connectivity index (χ4n) is 5.44. The first-order chi connectivity index (χ1) is 21.9. The van der Waals surface area contributed by atoms with Crippen LogP contribution in [0, 0.1) is 45.3 Å². The van der Waals surface area contributed by atoms with Gasteiger partial charge in [-0.3, -0.25) is 0 Å². The van der Waals surface area contributed by atoms with Crippen molar-refractivity contribution in [2.24, 2.45) is 0 Å². The Hall–Kier alpha value is -4.06. The van der Waals surface area contributed by atoms with E-state index in [2.05, 4.69) is 52.0 Å². The van der Waals surface area contributed by atoms with Crippen LogP contribution in [0.5, 0.6) is 0 Å². The number of allylic oxidation sites excluding steroid dienone is 2. The SMILES string of the molecule is CCc1c(-c2ccc(C=C(C#N)C#N)s2)sc(-c2ccc(-c3sc(-c4ccc(C=C(C#N)C#N)s4)c(CC)c3CC)s2)c1CC. The van der Waals surface area contributed by atoms with Gasteiger partial charge in [0.15, 0.2) is 0 Å². The van der Waals surface area contributed by atoms with E-state index in [1.165, 1.54) is 61.3 Å². The molecule has 0 saturated carbocycles. The molecule has 4 nitrogen and oxygen atoms in total. The highest BCUT2D eigenvalue weighted by atomic mass is 32.1. The van der Waals surface area contributed by atoms with Crippen LogP contribution in [0.3, 0.4) is 0 Å². The van der Waals surface area contributed by atoms with Crippen LogP contribution < -0.4 is 0 Å².